The highest BCUT2D eigenvalue weighted by Gasteiger charge is 2.39. The average Bonchev–Trinajstić information content (AvgIpc) is 2.75. The highest BCUT2D eigenvalue weighted by atomic mass is 32.2. The number of aliphatic carboxylic acids is 1. The van der Waals surface area contributed by atoms with E-state index in [0.29, 0.717) is 24.3 Å². The van der Waals surface area contributed by atoms with Gasteiger partial charge < -0.3 is 15.6 Å². The van der Waals surface area contributed by atoms with Crippen molar-refractivity contribution >= 4 is 22.0 Å². The van der Waals surface area contributed by atoms with Gasteiger partial charge in [-0.15, -0.1) is 0 Å². The van der Waals surface area contributed by atoms with E-state index >= 15 is 0 Å². The van der Waals surface area contributed by atoms with Gasteiger partial charge in [-0.05, 0) is 35.4 Å². The van der Waals surface area contributed by atoms with Gasteiger partial charge in [0.15, 0.2) is 0 Å². The summed E-state index contributed by atoms with van der Waals surface area (Å²) in [5.41, 5.74) is 8.80. The number of nitrogens with one attached hydrogen (secondary N) is 2. The number of benzene rings is 2. The highest BCUT2D eigenvalue weighted by Crippen LogP contribution is 2.31. The number of fused-ring (bicyclic) bond motifs is 1. The number of guanidine groups is 1. The molecule has 0 radical (unpaired) electrons. The Morgan fingerprint density at radius 1 is 1.19 bits per heavy atom. The Bertz CT molecular complexity index is 1040. The molecule has 5 N–H and O–H groups in total. The van der Waals surface area contributed by atoms with Crippen molar-refractivity contribution in [2.24, 2.45) is 5.73 Å². The molecule has 0 bridgehead atoms. The molecule has 1 heterocycles. The molecule has 31 heavy (non-hydrogen) atoms. The Balaban J connectivity index is 1.73. The lowest BCUT2D eigenvalue weighted by molar-refractivity contribution is -0.141. The molecule has 0 aliphatic carbocycles. The molecule has 10 nitrogen and oxygen atoms in total. The molecule has 0 unspecified atom stereocenters. The Morgan fingerprint density at radius 2 is 1.94 bits per heavy atom. The second-order valence-electron chi connectivity index (χ2n) is 6.92. The fraction of sp³-hybridized carbons (Fsp3) is 0.300. The first-order valence-electron chi connectivity index (χ1n) is 9.55. The maximum atomic E-state index is 13.1. The predicted molar refractivity (Wildman–Crippen MR) is 112 cm³/mol. The van der Waals surface area contributed by atoms with Crippen molar-refractivity contribution < 1.29 is 27.9 Å². The number of ether oxygens (including phenoxy) is 1. The van der Waals surface area contributed by atoms with Crippen LogP contribution in [0.3, 0.4) is 0 Å². The summed E-state index contributed by atoms with van der Waals surface area (Å²) in [4.78, 5) is 16.8. The van der Waals surface area contributed by atoms with Crippen LogP contribution in [0, 0.1) is 5.41 Å². The topological polar surface area (TPSA) is 155 Å². The normalized spacial score (nSPS) is 16.3. The van der Waals surface area contributed by atoms with Gasteiger partial charge in [0, 0.05) is 19.4 Å². The van der Waals surface area contributed by atoms with Crippen LogP contribution in [0.5, 0.6) is 5.75 Å². The molecular formula is C20H24N4O6S. The molecule has 0 fully saturated rings. The minimum Gasteiger partial charge on any atom is -0.493 e. The SMILES string of the molecule is N=C(N)NOCCCOc1ccc2c(c1)CN(S(=O)(=O)c1ccccc1)[C@H](C(=O)O)C2. The second kappa shape index (κ2) is 9.77. The van der Waals surface area contributed by atoms with Crippen molar-refractivity contribution in [1.29, 1.82) is 5.41 Å². The minimum atomic E-state index is -3.99. The molecule has 1 atom stereocenters. The van der Waals surface area contributed by atoms with Crippen LogP contribution in [0.2, 0.25) is 0 Å². The third kappa shape index (κ3) is 5.51. The van der Waals surface area contributed by atoms with E-state index in [9.17, 15) is 18.3 Å². The number of sulfonamides is 1. The van der Waals surface area contributed by atoms with E-state index in [1.807, 2.05) is 0 Å². The summed E-state index contributed by atoms with van der Waals surface area (Å²) >= 11 is 0. The molecule has 1 aliphatic rings. The Morgan fingerprint density at radius 3 is 2.61 bits per heavy atom. The fourth-order valence-corrected chi connectivity index (χ4v) is 4.85. The average molecular weight is 449 g/mol. The summed E-state index contributed by atoms with van der Waals surface area (Å²) < 4.78 is 32.9. The fourth-order valence-electron chi connectivity index (χ4n) is 3.27. The van der Waals surface area contributed by atoms with Gasteiger partial charge >= 0.3 is 5.97 Å². The Kier molecular flexibility index (Phi) is 7.10. The molecule has 0 spiro atoms. The summed E-state index contributed by atoms with van der Waals surface area (Å²) in [7, 11) is -3.99. The molecule has 2 aromatic carbocycles. The largest absolute Gasteiger partial charge is 0.493 e. The molecule has 3 rings (SSSR count). The molecule has 0 amide bonds. The van der Waals surface area contributed by atoms with Gasteiger partial charge in [-0.25, -0.2) is 13.9 Å². The third-order valence-corrected chi connectivity index (χ3v) is 6.61. The van der Waals surface area contributed by atoms with Crippen molar-refractivity contribution in [3.63, 3.8) is 0 Å². The molecule has 0 saturated heterocycles. The van der Waals surface area contributed by atoms with Crippen LogP contribution in [0.1, 0.15) is 17.5 Å². The van der Waals surface area contributed by atoms with Gasteiger partial charge in [0.05, 0.1) is 18.1 Å². The van der Waals surface area contributed by atoms with Crippen LogP contribution in [0.15, 0.2) is 53.4 Å². The minimum absolute atomic E-state index is 0.0521. The van der Waals surface area contributed by atoms with Crippen LogP contribution in [0.25, 0.3) is 0 Å². The van der Waals surface area contributed by atoms with Crippen molar-refractivity contribution in [1.82, 2.24) is 9.79 Å². The molecular weight excluding hydrogens is 424 g/mol. The summed E-state index contributed by atoms with van der Waals surface area (Å²) in [6, 6.07) is 11.8. The standard InChI is InChI=1S/C20H24N4O6S/c21-20(22)23-30-10-4-9-29-16-8-7-14-12-18(19(25)26)24(13-15(14)11-16)31(27,28)17-5-2-1-3-6-17/h1-3,5-8,11,18H,4,9-10,12-13H2,(H,25,26)(H4,21,22,23)/t18-/m0/s1. The van der Waals surface area contributed by atoms with Gasteiger partial charge in [0.25, 0.3) is 0 Å². The van der Waals surface area contributed by atoms with E-state index < -0.39 is 22.0 Å². The van der Waals surface area contributed by atoms with Crippen LogP contribution in [0.4, 0.5) is 0 Å². The molecule has 166 valence electrons. The number of hydroxylamine groups is 1. The molecule has 2 aromatic rings. The van der Waals surface area contributed by atoms with Crippen molar-refractivity contribution in [3.05, 3.63) is 59.7 Å². The smallest absolute Gasteiger partial charge is 0.322 e. The van der Waals surface area contributed by atoms with E-state index in [1.165, 1.54) is 12.1 Å². The predicted octanol–water partition coefficient (Wildman–Crippen LogP) is 1.07. The van der Waals surface area contributed by atoms with E-state index in [4.69, 9.17) is 20.7 Å². The monoisotopic (exact) mass is 448 g/mol. The van der Waals surface area contributed by atoms with Crippen molar-refractivity contribution in [3.8, 4) is 5.75 Å². The van der Waals surface area contributed by atoms with Gasteiger partial charge in [0.2, 0.25) is 16.0 Å². The number of carboxylic acid groups (broad SMARTS) is 1. The number of hydrogen-bond acceptors (Lipinski definition) is 6. The number of hydrogen-bond donors (Lipinski definition) is 4. The van der Waals surface area contributed by atoms with Gasteiger partial charge in [-0.3, -0.25) is 15.0 Å². The number of carboxylic acids is 1. The first-order chi connectivity index (χ1) is 14.8. The zero-order valence-electron chi connectivity index (χ0n) is 16.7. The highest BCUT2D eigenvalue weighted by molar-refractivity contribution is 7.89. The lowest BCUT2D eigenvalue weighted by Gasteiger charge is -2.33. The first kappa shape index (κ1) is 22.5. The van der Waals surface area contributed by atoms with Gasteiger partial charge in [0.1, 0.15) is 11.8 Å². The molecule has 0 saturated carbocycles. The summed E-state index contributed by atoms with van der Waals surface area (Å²) in [5.74, 6) is -0.931. The van der Waals surface area contributed by atoms with Gasteiger partial charge in [-0.1, -0.05) is 24.3 Å². The van der Waals surface area contributed by atoms with E-state index in [-0.39, 0.29) is 30.4 Å². The zero-order valence-corrected chi connectivity index (χ0v) is 17.5. The quantitative estimate of drug-likeness (QED) is 0.192. The maximum Gasteiger partial charge on any atom is 0.322 e. The van der Waals surface area contributed by atoms with E-state index in [0.717, 1.165) is 9.87 Å². The lowest BCUT2D eigenvalue weighted by atomic mass is 9.95. The third-order valence-electron chi connectivity index (χ3n) is 4.74. The van der Waals surface area contributed by atoms with Gasteiger partial charge in [-0.2, -0.15) is 4.31 Å². The van der Waals surface area contributed by atoms with Crippen LogP contribution < -0.4 is 16.0 Å². The summed E-state index contributed by atoms with van der Waals surface area (Å²) in [6.07, 6.45) is 0.606. The Labute approximate surface area is 180 Å². The number of rotatable bonds is 9. The van der Waals surface area contributed by atoms with Crippen molar-refractivity contribution in [2.45, 2.75) is 30.3 Å². The molecule has 11 heteroatoms. The second-order valence-corrected chi connectivity index (χ2v) is 8.81. The first-order valence-corrected chi connectivity index (χ1v) is 11.0. The number of nitrogens with two attached hydrogens (primary N) is 1. The molecule has 0 aromatic heterocycles. The van der Waals surface area contributed by atoms with Crippen LogP contribution in [-0.2, 0) is 32.6 Å². The van der Waals surface area contributed by atoms with E-state index in [2.05, 4.69) is 5.48 Å². The number of carbonyl (C=O) groups is 1. The maximum absolute atomic E-state index is 13.1. The summed E-state index contributed by atoms with van der Waals surface area (Å²) in [5, 5.41) is 16.6. The van der Waals surface area contributed by atoms with Crippen LogP contribution >= 0.6 is 0 Å². The zero-order chi connectivity index (χ0) is 22.4. The summed E-state index contributed by atoms with van der Waals surface area (Å²) in [6.45, 7) is 0.558. The van der Waals surface area contributed by atoms with Crippen molar-refractivity contribution in [2.75, 3.05) is 13.2 Å². The molecule has 1 aliphatic heterocycles. The van der Waals surface area contributed by atoms with E-state index in [1.54, 1.807) is 36.4 Å². The van der Waals surface area contributed by atoms with Crippen LogP contribution in [-0.4, -0.2) is 49.0 Å². The Hall–Kier alpha value is -3.15. The number of nitrogens with zero attached hydrogens (tertiary/aromatic N) is 1. The lowest BCUT2D eigenvalue weighted by Crippen LogP contribution is -2.48.